The van der Waals surface area contributed by atoms with Crippen LogP contribution in [-0.2, 0) is 0 Å². The van der Waals surface area contributed by atoms with Crippen molar-refractivity contribution in [2.75, 3.05) is 0 Å². The molecule has 51 heavy (non-hydrogen) atoms. The third-order valence-electron chi connectivity index (χ3n) is 12.8. The zero-order valence-corrected chi connectivity index (χ0v) is 29.0. The summed E-state index contributed by atoms with van der Waals surface area (Å²) in [7, 11) is 0. The van der Waals surface area contributed by atoms with Gasteiger partial charge in [0.05, 0.1) is 0 Å². The second-order valence-corrected chi connectivity index (χ2v) is 15.7. The lowest BCUT2D eigenvalue weighted by atomic mass is 9.70. The fourth-order valence-corrected chi connectivity index (χ4v) is 10.5. The minimum Gasteiger partial charge on any atom is -0.0796 e. The van der Waals surface area contributed by atoms with E-state index in [1.54, 1.807) is 0 Å². The van der Waals surface area contributed by atoms with Crippen molar-refractivity contribution >= 4 is 65.0 Å². The molecule has 8 aromatic rings. The fraction of sp³-hybridized carbons (Fsp3) is 0.137. The van der Waals surface area contributed by atoms with E-state index in [1.165, 1.54) is 87.3 Å². The van der Waals surface area contributed by atoms with Crippen molar-refractivity contribution in [2.24, 2.45) is 29.1 Å². The van der Waals surface area contributed by atoms with Gasteiger partial charge in [-0.05, 0) is 116 Å². The minimum absolute atomic E-state index is 0.0841. The molecule has 0 bridgehead atoms. The Morgan fingerprint density at radius 2 is 0.922 bits per heavy atom. The van der Waals surface area contributed by atoms with Gasteiger partial charge in [0.1, 0.15) is 0 Å². The van der Waals surface area contributed by atoms with E-state index < -0.39 is 0 Å². The van der Waals surface area contributed by atoms with Gasteiger partial charge < -0.3 is 0 Å². The highest BCUT2D eigenvalue weighted by atomic mass is 14.6. The SMILES string of the molecule is CC1(C)C2C=C(c3c4ccccc4c(-c4ccccc4)c4ccccc34)C=CC2C2C=CC(c3ccc4ccc5cccc6ccc3c4c56)=CC21. The van der Waals surface area contributed by atoms with Crippen molar-refractivity contribution < 1.29 is 0 Å². The molecular weight excluding hydrogens is 613 g/mol. The van der Waals surface area contributed by atoms with Gasteiger partial charge in [-0.2, -0.15) is 0 Å². The molecule has 0 aliphatic heterocycles. The third-order valence-corrected chi connectivity index (χ3v) is 12.8. The monoisotopic (exact) mass is 650 g/mol. The Morgan fingerprint density at radius 3 is 1.57 bits per heavy atom. The zero-order chi connectivity index (χ0) is 33.8. The molecule has 0 nitrogen and oxygen atoms in total. The van der Waals surface area contributed by atoms with Gasteiger partial charge in [-0.3, -0.25) is 0 Å². The van der Waals surface area contributed by atoms with Crippen molar-refractivity contribution in [1.29, 1.82) is 0 Å². The van der Waals surface area contributed by atoms with Crippen LogP contribution < -0.4 is 0 Å². The topological polar surface area (TPSA) is 0 Å². The Labute approximate surface area is 299 Å². The first kappa shape index (κ1) is 29.1. The smallest absolute Gasteiger partial charge is 0.00206 e. The third kappa shape index (κ3) is 4.08. The van der Waals surface area contributed by atoms with Crippen LogP contribution in [0.1, 0.15) is 25.0 Å². The lowest BCUT2D eigenvalue weighted by molar-refractivity contribution is 0.239. The summed E-state index contributed by atoms with van der Waals surface area (Å²) >= 11 is 0. The number of fused-ring (bicyclic) bond motifs is 5. The molecule has 0 saturated heterocycles. The first-order valence-corrected chi connectivity index (χ1v) is 18.5. The molecule has 1 fully saturated rings. The van der Waals surface area contributed by atoms with E-state index in [4.69, 9.17) is 0 Å². The van der Waals surface area contributed by atoms with E-state index in [2.05, 4.69) is 184 Å². The van der Waals surface area contributed by atoms with E-state index >= 15 is 0 Å². The van der Waals surface area contributed by atoms with Crippen LogP contribution in [0.4, 0.5) is 0 Å². The highest BCUT2D eigenvalue weighted by Gasteiger charge is 2.53. The van der Waals surface area contributed by atoms with Crippen LogP contribution in [0.5, 0.6) is 0 Å². The van der Waals surface area contributed by atoms with Gasteiger partial charge in [-0.15, -0.1) is 0 Å². The Bertz CT molecular complexity index is 2770. The Morgan fingerprint density at radius 1 is 0.412 bits per heavy atom. The van der Waals surface area contributed by atoms with Gasteiger partial charge in [-0.25, -0.2) is 0 Å². The molecule has 1 saturated carbocycles. The van der Waals surface area contributed by atoms with E-state index in [9.17, 15) is 0 Å². The first-order valence-electron chi connectivity index (χ1n) is 18.5. The van der Waals surface area contributed by atoms with Gasteiger partial charge in [-0.1, -0.05) is 184 Å². The maximum Gasteiger partial charge on any atom is -0.00206 e. The van der Waals surface area contributed by atoms with Gasteiger partial charge in [0.2, 0.25) is 0 Å². The van der Waals surface area contributed by atoms with E-state index in [1.807, 2.05) is 0 Å². The standard InChI is InChI=1S/C51H38/c1-51(2)45-29-35(37-25-21-34-20-19-32-13-10-14-33-22-28-44(37)50(34)47(32)33)23-26-38(45)39-27-24-36(30-46(39)51)49-42-17-8-6-15-40(42)48(31-11-4-3-5-12-31)41-16-7-9-18-43(41)49/h3-30,38-39,45-46H,1-2H3. The summed E-state index contributed by atoms with van der Waals surface area (Å²) in [6.45, 7) is 5.05. The molecule has 242 valence electrons. The number of benzene rings is 8. The predicted molar refractivity (Wildman–Crippen MR) is 219 cm³/mol. The molecule has 3 aliphatic rings. The molecular formula is C51H38. The average Bonchev–Trinajstić information content (AvgIpc) is 3.41. The average molecular weight is 651 g/mol. The molecule has 0 heterocycles. The molecule has 0 radical (unpaired) electrons. The molecule has 0 amide bonds. The maximum absolute atomic E-state index is 2.65. The van der Waals surface area contributed by atoms with E-state index in [0.29, 0.717) is 23.7 Å². The lowest BCUT2D eigenvalue weighted by Gasteiger charge is -2.34. The summed E-state index contributed by atoms with van der Waals surface area (Å²) in [5, 5.41) is 13.4. The van der Waals surface area contributed by atoms with Crippen molar-refractivity contribution in [1.82, 2.24) is 0 Å². The second-order valence-electron chi connectivity index (χ2n) is 15.7. The van der Waals surface area contributed by atoms with Crippen molar-refractivity contribution in [3.63, 3.8) is 0 Å². The molecule has 3 aliphatic carbocycles. The maximum atomic E-state index is 2.65. The quantitative estimate of drug-likeness (QED) is 0.132. The molecule has 11 rings (SSSR count). The molecule has 0 heteroatoms. The minimum atomic E-state index is 0.0841. The van der Waals surface area contributed by atoms with Gasteiger partial charge in [0, 0.05) is 0 Å². The van der Waals surface area contributed by atoms with Crippen LogP contribution >= 0.6 is 0 Å². The number of allylic oxidation sites excluding steroid dienone is 8. The molecule has 0 N–H and O–H groups in total. The molecule has 4 unspecified atom stereocenters. The van der Waals surface area contributed by atoms with Crippen LogP contribution in [0, 0.1) is 29.1 Å². The normalized spacial score (nSPS) is 22.2. The molecule has 0 aromatic heterocycles. The molecule has 8 aromatic carbocycles. The zero-order valence-electron chi connectivity index (χ0n) is 29.0. The summed E-state index contributed by atoms with van der Waals surface area (Å²) in [6, 6.07) is 49.6. The predicted octanol–water partition coefficient (Wildman–Crippen LogP) is 13.7. The van der Waals surface area contributed by atoms with E-state index in [0.717, 1.165) is 0 Å². The van der Waals surface area contributed by atoms with Gasteiger partial charge >= 0.3 is 0 Å². The van der Waals surface area contributed by atoms with Crippen molar-refractivity contribution in [2.45, 2.75) is 13.8 Å². The Balaban J connectivity index is 1.04. The second kappa shape index (κ2) is 10.6. The summed E-state index contributed by atoms with van der Waals surface area (Å²) in [6.07, 6.45) is 15.3. The van der Waals surface area contributed by atoms with Crippen LogP contribution in [-0.4, -0.2) is 0 Å². The Hall–Kier alpha value is -5.72. The van der Waals surface area contributed by atoms with Crippen molar-refractivity contribution in [3.05, 3.63) is 181 Å². The Kier molecular flexibility index (Phi) is 6.06. The number of hydrogen-bond acceptors (Lipinski definition) is 0. The lowest BCUT2D eigenvalue weighted by Crippen LogP contribution is -2.26. The fourth-order valence-electron chi connectivity index (χ4n) is 10.5. The van der Waals surface area contributed by atoms with Crippen LogP contribution in [0.2, 0.25) is 0 Å². The first-order chi connectivity index (χ1) is 25.1. The van der Waals surface area contributed by atoms with Gasteiger partial charge in [0.15, 0.2) is 0 Å². The summed E-state index contributed by atoms with van der Waals surface area (Å²) in [5.41, 5.74) is 8.11. The number of hydrogen-bond donors (Lipinski definition) is 0. The van der Waals surface area contributed by atoms with E-state index in [-0.39, 0.29) is 5.41 Å². The van der Waals surface area contributed by atoms with Crippen LogP contribution in [0.25, 0.3) is 76.1 Å². The molecule has 4 atom stereocenters. The van der Waals surface area contributed by atoms with Gasteiger partial charge in [0.25, 0.3) is 0 Å². The van der Waals surface area contributed by atoms with Crippen LogP contribution in [0.15, 0.2) is 170 Å². The highest BCUT2D eigenvalue weighted by Crippen LogP contribution is 2.60. The number of rotatable bonds is 3. The molecule has 0 spiro atoms. The van der Waals surface area contributed by atoms with Crippen molar-refractivity contribution in [3.8, 4) is 11.1 Å². The van der Waals surface area contributed by atoms with Crippen LogP contribution in [0.3, 0.4) is 0 Å². The highest BCUT2D eigenvalue weighted by molar-refractivity contribution is 6.25. The summed E-state index contributed by atoms with van der Waals surface area (Å²) < 4.78 is 0. The largest absolute Gasteiger partial charge is 0.0796 e. The summed E-state index contributed by atoms with van der Waals surface area (Å²) in [5.74, 6) is 1.84. The summed E-state index contributed by atoms with van der Waals surface area (Å²) in [4.78, 5) is 0.